The Hall–Kier alpha value is -2.21. The summed E-state index contributed by atoms with van der Waals surface area (Å²) in [6.07, 6.45) is 3.51. The number of carbonyl (C=O) groups is 1. The summed E-state index contributed by atoms with van der Waals surface area (Å²) in [5, 5.41) is 0.528. The largest absolute Gasteiger partial charge is 0.458 e. The van der Waals surface area contributed by atoms with Crippen molar-refractivity contribution in [3.05, 3.63) is 53.1 Å². The van der Waals surface area contributed by atoms with Crippen LogP contribution in [-0.2, 0) is 0 Å². The van der Waals surface area contributed by atoms with Gasteiger partial charge in [-0.05, 0) is 31.0 Å². The van der Waals surface area contributed by atoms with Gasteiger partial charge in [-0.2, -0.15) is 0 Å². The van der Waals surface area contributed by atoms with Gasteiger partial charge in [-0.25, -0.2) is 14.4 Å². The lowest BCUT2D eigenvalue weighted by Gasteiger charge is -2.32. The SMILES string of the molecule is O=C(c1cccc(Cl)c1)N1CCCC(Oc2ncc(F)cn2)C1. The van der Waals surface area contributed by atoms with Crippen molar-refractivity contribution in [3.8, 4) is 6.01 Å². The van der Waals surface area contributed by atoms with Gasteiger partial charge in [0.25, 0.3) is 5.91 Å². The zero-order chi connectivity index (χ0) is 16.2. The Morgan fingerprint density at radius 3 is 2.87 bits per heavy atom. The molecule has 1 aliphatic heterocycles. The lowest BCUT2D eigenvalue weighted by atomic mass is 10.1. The van der Waals surface area contributed by atoms with Gasteiger partial charge in [-0.15, -0.1) is 0 Å². The molecule has 1 unspecified atom stereocenters. The third-order valence-electron chi connectivity index (χ3n) is 3.61. The van der Waals surface area contributed by atoms with Gasteiger partial charge in [-0.1, -0.05) is 17.7 Å². The van der Waals surface area contributed by atoms with Gasteiger partial charge in [-0.3, -0.25) is 4.79 Å². The van der Waals surface area contributed by atoms with Crippen molar-refractivity contribution in [2.24, 2.45) is 0 Å². The number of aromatic nitrogens is 2. The molecule has 1 atom stereocenters. The minimum Gasteiger partial charge on any atom is -0.458 e. The monoisotopic (exact) mass is 335 g/mol. The van der Waals surface area contributed by atoms with Crippen molar-refractivity contribution < 1.29 is 13.9 Å². The number of rotatable bonds is 3. The van der Waals surface area contributed by atoms with E-state index < -0.39 is 5.82 Å². The lowest BCUT2D eigenvalue weighted by molar-refractivity contribution is 0.0515. The molecule has 1 aromatic heterocycles. The Morgan fingerprint density at radius 2 is 2.13 bits per heavy atom. The number of carbonyl (C=O) groups excluding carboxylic acids is 1. The molecule has 0 saturated carbocycles. The molecule has 120 valence electrons. The van der Waals surface area contributed by atoms with Crippen LogP contribution in [0, 0.1) is 5.82 Å². The lowest BCUT2D eigenvalue weighted by Crippen LogP contribution is -2.44. The molecule has 2 heterocycles. The highest BCUT2D eigenvalue weighted by atomic mass is 35.5. The molecule has 0 spiro atoms. The Kier molecular flexibility index (Phi) is 4.71. The number of hydrogen-bond acceptors (Lipinski definition) is 4. The number of nitrogens with zero attached hydrogens (tertiary/aromatic N) is 3. The molecule has 5 nitrogen and oxygen atoms in total. The third-order valence-corrected chi connectivity index (χ3v) is 3.84. The van der Waals surface area contributed by atoms with E-state index in [-0.39, 0.29) is 18.0 Å². The van der Waals surface area contributed by atoms with Crippen LogP contribution in [0.3, 0.4) is 0 Å². The molecule has 23 heavy (non-hydrogen) atoms. The molecule has 1 aliphatic rings. The van der Waals surface area contributed by atoms with E-state index in [1.807, 2.05) is 0 Å². The molecule has 1 amide bonds. The molecule has 0 aliphatic carbocycles. The van der Waals surface area contributed by atoms with Gasteiger partial charge in [0.1, 0.15) is 6.10 Å². The van der Waals surface area contributed by atoms with E-state index in [0.29, 0.717) is 23.7 Å². The fraction of sp³-hybridized carbons (Fsp3) is 0.312. The molecule has 0 N–H and O–H groups in total. The number of hydrogen-bond donors (Lipinski definition) is 0. The van der Waals surface area contributed by atoms with Crippen LogP contribution in [0.5, 0.6) is 6.01 Å². The van der Waals surface area contributed by atoms with Gasteiger partial charge >= 0.3 is 6.01 Å². The van der Waals surface area contributed by atoms with E-state index >= 15 is 0 Å². The molecule has 7 heteroatoms. The van der Waals surface area contributed by atoms with Crippen LogP contribution < -0.4 is 4.74 Å². The summed E-state index contributed by atoms with van der Waals surface area (Å²) in [7, 11) is 0. The maximum Gasteiger partial charge on any atom is 0.316 e. The van der Waals surface area contributed by atoms with Crippen LogP contribution in [0.15, 0.2) is 36.7 Å². The first-order chi connectivity index (χ1) is 11.1. The van der Waals surface area contributed by atoms with Crippen molar-refractivity contribution >= 4 is 17.5 Å². The molecule has 0 radical (unpaired) electrons. The minimum atomic E-state index is -0.515. The molecule has 1 fully saturated rings. The minimum absolute atomic E-state index is 0.0826. The second kappa shape index (κ2) is 6.91. The van der Waals surface area contributed by atoms with Crippen molar-refractivity contribution in [2.75, 3.05) is 13.1 Å². The Labute approximate surface area is 138 Å². The van der Waals surface area contributed by atoms with Gasteiger partial charge < -0.3 is 9.64 Å². The van der Waals surface area contributed by atoms with E-state index in [1.54, 1.807) is 29.2 Å². The maximum atomic E-state index is 12.8. The summed E-state index contributed by atoms with van der Waals surface area (Å²) in [5.41, 5.74) is 0.552. The van der Waals surface area contributed by atoms with Crippen molar-refractivity contribution in [1.29, 1.82) is 0 Å². The first-order valence-corrected chi connectivity index (χ1v) is 7.68. The van der Waals surface area contributed by atoms with E-state index in [4.69, 9.17) is 16.3 Å². The molecule has 1 saturated heterocycles. The molecular weight excluding hydrogens is 321 g/mol. The van der Waals surface area contributed by atoms with Gasteiger partial charge in [0.05, 0.1) is 18.9 Å². The summed E-state index contributed by atoms with van der Waals surface area (Å²) in [6, 6.07) is 6.99. The normalized spacial score (nSPS) is 17.8. The number of likely N-dealkylation sites (tertiary alicyclic amines) is 1. The summed E-state index contributed by atoms with van der Waals surface area (Å²) >= 11 is 5.93. The van der Waals surface area contributed by atoms with E-state index in [1.165, 1.54) is 0 Å². The summed E-state index contributed by atoms with van der Waals surface area (Å²) in [4.78, 5) is 21.8. The number of halogens is 2. The molecule has 3 rings (SSSR count). The zero-order valence-electron chi connectivity index (χ0n) is 12.3. The average molecular weight is 336 g/mol. The Bertz CT molecular complexity index is 696. The first kappa shape index (κ1) is 15.7. The maximum absolute atomic E-state index is 12.8. The van der Waals surface area contributed by atoms with Crippen LogP contribution in [-0.4, -0.2) is 40.0 Å². The smallest absolute Gasteiger partial charge is 0.316 e. The van der Waals surface area contributed by atoms with Crippen molar-refractivity contribution in [3.63, 3.8) is 0 Å². The summed E-state index contributed by atoms with van der Waals surface area (Å²) in [6.45, 7) is 1.10. The van der Waals surface area contributed by atoms with Crippen molar-refractivity contribution in [1.82, 2.24) is 14.9 Å². The number of ether oxygens (including phenoxy) is 1. The number of benzene rings is 1. The standard InChI is InChI=1S/C16H15ClFN3O2/c17-12-4-1-3-11(7-12)15(22)21-6-2-5-14(10-21)23-16-19-8-13(18)9-20-16/h1,3-4,7-9,14H,2,5-6,10H2. The van der Waals surface area contributed by atoms with Gasteiger partial charge in [0.2, 0.25) is 0 Å². The average Bonchev–Trinajstić information content (AvgIpc) is 2.56. The topological polar surface area (TPSA) is 55.3 Å². The Morgan fingerprint density at radius 1 is 1.35 bits per heavy atom. The molecule has 0 bridgehead atoms. The fourth-order valence-electron chi connectivity index (χ4n) is 2.53. The summed E-state index contributed by atoms with van der Waals surface area (Å²) in [5.74, 6) is -0.598. The van der Waals surface area contributed by atoms with Gasteiger partial charge in [0.15, 0.2) is 5.82 Å². The highest BCUT2D eigenvalue weighted by molar-refractivity contribution is 6.30. The van der Waals surface area contributed by atoms with Crippen LogP contribution in [0.4, 0.5) is 4.39 Å². The van der Waals surface area contributed by atoms with Crippen LogP contribution in [0.25, 0.3) is 0 Å². The first-order valence-electron chi connectivity index (χ1n) is 7.31. The number of piperidine rings is 1. The summed E-state index contributed by atoms with van der Waals surface area (Å²) < 4.78 is 18.5. The Balaban J connectivity index is 1.66. The van der Waals surface area contributed by atoms with Gasteiger partial charge in [0, 0.05) is 17.1 Å². The quantitative estimate of drug-likeness (QED) is 0.865. The van der Waals surface area contributed by atoms with E-state index in [2.05, 4.69) is 9.97 Å². The zero-order valence-corrected chi connectivity index (χ0v) is 13.0. The van der Waals surface area contributed by atoms with Crippen LogP contribution >= 0.6 is 11.6 Å². The third kappa shape index (κ3) is 3.96. The molecule has 2 aromatic rings. The van der Waals surface area contributed by atoms with E-state index in [9.17, 15) is 9.18 Å². The van der Waals surface area contributed by atoms with E-state index in [0.717, 1.165) is 25.2 Å². The highest BCUT2D eigenvalue weighted by Gasteiger charge is 2.26. The predicted octanol–water partition coefficient (Wildman–Crippen LogP) is 2.95. The second-order valence-electron chi connectivity index (χ2n) is 5.33. The second-order valence-corrected chi connectivity index (χ2v) is 5.76. The fourth-order valence-corrected chi connectivity index (χ4v) is 2.72. The molecular formula is C16H15ClFN3O2. The van der Waals surface area contributed by atoms with Crippen LogP contribution in [0.2, 0.25) is 5.02 Å². The van der Waals surface area contributed by atoms with Crippen molar-refractivity contribution in [2.45, 2.75) is 18.9 Å². The predicted molar refractivity (Wildman–Crippen MR) is 83.0 cm³/mol. The molecule has 1 aromatic carbocycles. The number of amides is 1. The van der Waals surface area contributed by atoms with Crippen LogP contribution in [0.1, 0.15) is 23.2 Å². The highest BCUT2D eigenvalue weighted by Crippen LogP contribution is 2.19.